The first kappa shape index (κ1) is 15.2. The minimum Gasteiger partial charge on any atom is -0.326 e. The Labute approximate surface area is 118 Å². The van der Waals surface area contributed by atoms with Crippen molar-refractivity contribution in [3.63, 3.8) is 0 Å². The topological polar surface area (TPSA) is 29.1 Å². The van der Waals surface area contributed by atoms with Crippen molar-refractivity contribution in [1.29, 1.82) is 0 Å². The van der Waals surface area contributed by atoms with Gasteiger partial charge in [-0.05, 0) is 18.1 Å². The third kappa shape index (κ3) is 5.67. The molecule has 0 aliphatic rings. The summed E-state index contributed by atoms with van der Waals surface area (Å²) in [4.78, 5) is 11.8. The highest BCUT2D eigenvalue weighted by Gasteiger charge is 2.05. The van der Waals surface area contributed by atoms with E-state index < -0.39 is 0 Å². The van der Waals surface area contributed by atoms with Crippen LogP contribution in [0.3, 0.4) is 0 Å². The van der Waals surface area contributed by atoms with Gasteiger partial charge in [-0.25, -0.2) is 0 Å². The number of nitrogens with one attached hydrogen (secondary N) is 1. The SMILES string of the molecule is CCCCCCCC(=O)Nc1ccccc1CBr. The fourth-order valence-electron chi connectivity index (χ4n) is 1.86. The molecular weight excluding hydrogens is 290 g/mol. The minimum absolute atomic E-state index is 0.125. The van der Waals surface area contributed by atoms with E-state index in [9.17, 15) is 4.79 Å². The number of carbonyl (C=O) groups excluding carboxylic acids is 1. The number of hydrogen-bond donors (Lipinski definition) is 1. The number of rotatable bonds is 8. The van der Waals surface area contributed by atoms with E-state index in [0.717, 1.165) is 29.4 Å². The number of alkyl halides is 1. The van der Waals surface area contributed by atoms with Crippen LogP contribution in [0.1, 0.15) is 51.0 Å². The van der Waals surface area contributed by atoms with E-state index in [2.05, 4.69) is 28.2 Å². The quantitative estimate of drug-likeness (QED) is 0.538. The number of unbranched alkanes of at least 4 members (excludes halogenated alkanes) is 4. The van der Waals surface area contributed by atoms with Crippen LogP contribution >= 0.6 is 15.9 Å². The molecule has 0 saturated heterocycles. The Hall–Kier alpha value is -0.830. The molecule has 1 N–H and O–H groups in total. The Morgan fingerprint density at radius 2 is 1.89 bits per heavy atom. The molecule has 2 nitrogen and oxygen atoms in total. The highest BCUT2D eigenvalue weighted by molar-refractivity contribution is 9.08. The lowest BCUT2D eigenvalue weighted by atomic mass is 10.1. The largest absolute Gasteiger partial charge is 0.326 e. The van der Waals surface area contributed by atoms with Crippen LogP contribution in [0, 0.1) is 0 Å². The minimum atomic E-state index is 0.125. The van der Waals surface area contributed by atoms with Crippen LogP contribution < -0.4 is 5.32 Å². The second kappa shape index (κ2) is 9.15. The summed E-state index contributed by atoms with van der Waals surface area (Å²) >= 11 is 3.43. The summed E-state index contributed by atoms with van der Waals surface area (Å²) in [5.41, 5.74) is 2.05. The van der Waals surface area contributed by atoms with E-state index in [1.807, 2.05) is 24.3 Å². The number of benzene rings is 1. The van der Waals surface area contributed by atoms with E-state index in [4.69, 9.17) is 0 Å². The Morgan fingerprint density at radius 3 is 2.61 bits per heavy atom. The molecule has 0 radical (unpaired) electrons. The summed E-state index contributed by atoms with van der Waals surface area (Å²) < 4.78 is 0. The number of para-hydroxylation sites is 1. The van der Waals surface area contributed by atoms with Crippen molar-refractivity contribution in [3.8, 4) is 0 Å². The Kier molecular flexibility index (Phi) is 7.74. The van der Waals surface area contributed by atoms with Crippen LogP contribution in [0.15, 0.2) is 24.3 Å². The third-order valence-electron chi connectivity index (χ3n) is 2.94. The van der Waals surface area contributed by atoms with Crippen molar-refractivity contribution in [2.75, 3.05) is 5.32 Å². The summed E-state index contributed by atoms with van der Waals surface area (Å²) in [5, 5.41) is 3.75. The van der Waals surface area contributed by atoms with Crippen molar-refractivity contribution >= 4 is 27.5 Å². The number of halogens is 1. The van der Waals surface area contributed by atoms with Gasteiger partial charge >= 0.3 is 0 Å². The Balaban J connectivity index is 2.31. The maximum Gasteiger partial charge on any atom is 0.224 e. The van der Waals surface area contributed by atoms with Gasteiger partial charge in [-0.15, -0.1) is 0 Å². The van der Waals surface area contributed by atoms with Crippen LogP contribution in [0.2, 0.25) is 0 Å². The molecule has 1 aromatic rings. The lowest BCUT2D eigenvalue weighted by Gasteiger charge is -2.09. The van der Waals surface area contributed by atoms with Gasteiger partial charge in [0.25, 0.3) is 0 Å². The summed E-state index contributed by atoms with van der Waals surface area (Å²) in [6.07, 6.45) is 6.52. The van der Waals surface area contributed by atoms with E-state index in [0.29, 0.717) is 6.42 Å². The monoisotopic (exact) mass is 311 g/mol. The molecule has 0 aromatic heterocycles. The molecule has 0 fully saturated rings. The van der Waals surface area contributed by atoms with Crippen LogP contribution in [0.25, 0.3) is 0 Å². The molecule has 18 heavy (non-hydrogen) atoms. The molecule has 0 atom stereocenters. The normalized spacial score (nSPS) is 10.3. The zero-order valence-corrected chi connectivity index (χ0v) is 12.6. The lowest BCUT2D eigenvalue weighted by Crippen LogP contribution is -2.12. The average molecular weight is 312 g/mol. The molecule has 3 heteroatoms. The fraction of sp³-hybridized carbons (Fsp3) is 0.533. The van der Waals surface area contributed by atoms with Crippen LogP contribution in [-0.2, 0) is 10.1 Å². The van der Waals surface area contributed by atoms with Gasteiger partial charge in [0, 0.05) is 17.4 Å². The van der Waals surface area contributed by atoms with Gasteiger partial charge in [0.2, 0.25) is 5.91 Å². The van der Waals surface area contributed by atoms with E-state index in [1.165, 1.54) is 19.3 Å². The molecule has 0 spiro atoms. The van der Waals surface area contributed by atoms with Gasteiger partial charge in [0.1, 0.15) is 0 Å². The molecule has 1 rings (SSSR count). The second-order valence-electron chi connectivity index (χ2n) is 4.50. The molecule has 0 aliphatic carbocycles. The molecule has 0 heterocycles. The van der Waals surface area contributed by atoms with Gasteiger partial charge in [0.05, 0.1) is 0 Å². The smallest absolute Gasteiger partial charge is 0.224 e. The van der Waals surface area contributed by atoms with Crippen molar-refractivity contribution in [3.05, 3.63) is 29.8 Å². The molecule has 0 unspecified atom stereocenters. The van der Waals surface area contributed by atoms with Crippen molar-refractivity contribution in [1.82, 2.24) is 0 Å². The summed E-state index contributed by atoms with van der Waals surface area (Å²) in [6.45, 7) is 2.20. The first-order chi connectivity index (χ1) is 8.77. The highest BCUT2D eigenvalue weighted by atomic mass is 79.9. The summed E-state index contributed by atoms with van der Waals surface area (Å²) in [6, 6.07) is 7.90. The maximum atomic E-state index is 11.8. The molecule has 100 valence electrons. The Morgan fingerprint density at radius 1 is 1.17 bits per heavy atom. The zero-order valence-electron chi connectivity index (χ0n) is 11.0. The van der Waals surface area contributed by atoms with Crippen molar-refractivity contribution < 1.29 is 4.79 Å². The van der Waals surface area contributed by atoms with E-state index in [1.54, 1.807) is 0 Å². The Bertz CT molecular complexity index is 365. The predicted molar refractivity (Wildman–Crippen MR) is 81.1 cm³/mol. The molecule has 0 saturated carbocycles. The van der Waals surface area contributed by atoms with Crippen molar-refractivity contribution in [2.24, 2.45) is 0 Å². The molecule has 0 aliphatic heterocycles. The zero-order chi connectivity index (χ0) is 13.2. The molecule has 1 amide bonds. The molecule has 1 aromatic carbocycles. The van der Waals surface area contributed by atoms with Gasteiger partial charge < -0.3 is 5.32 Å². The number of amides is 1. The molecular formula is C15H22BrNO. The summed E-state index contributed by atoms with van der Waals surface area (Å²) in [7, 11) is 0. The van der Waals surface area contributed by atoms with Crippen molar-refractivity contribution in [2.45, 2.75) is 50.8 Å². The first-order valence-corrected chi connectivity index (χ1v) is 7.83. The average Bonchev–Trinajstić information content (AvgIpc) is 2.39. The fourth-order valence-corrected chi connectivity index (χ4v) is 2.35. The van der Waals surface area contributed by atoms with Crippen LogP contribution in [0.5, 0.6) is 0 Å². The van der Waals surface area contributed by atoms with Crippen LogP contribution in [-0.4, -0.2) is 5.91 Å². The number of hydrogen-bond acceptors (Lipinski definition) is 1. The summed E-state index contributed by atoms with van der Waals surface area (Å²) in [5.74, 6) is 0.125. The lowest BCUT2D eigenvalue weighted by molar-refractivity contribution is -0.116. The maximum absolute atomic E-state index is 11.8. The predicted octanol–water partition coefficient (Wildman–Crippen LogP) is 4.88. The highest BCUT2D eigenvalue weighted by Crippen LogP contribution is 2.18. The van der Waals surface area contributed by atoms with Gasteiger partial charge in [0.15, 0.2) is 0 Å². The number of carbonyl (C=O) groups is 1. The first-order valence-electron chi connectivity index (χ1n) is 6.71. The van der Waals surface area contributed by atoms with Gasteiger partial charge in [-0.1, -0.05) is 66.7 Å². The van der Waals surface area contributed by atoms with E-state index >= 15 is 0 Å². The number of anilines is 1. The van der Waals surface area contributed by atoms with Gasteiger partial charge in [-0.3, -0.25) is 4.79 Å². The van der Waals surface area contributed by atoms with Gasteiger partial charge in [-0.2, -0.15) is 0 Å². The van der Waals surface area contributed by atoms with Crippen LogP contribution in [0.4, 0.5) is 5.69 Å². The standard InChI is InChI=1S/C15H22BrNO/c1-2-3-4-5-6-11-15(18)17-14-10-8-7-9-13(14)12-16/h7-10H,2-6,11-12H2,1H3,(H,17,18). The second-order valence-corrected chi connectivity index (χ2v) is 5.06. The third-order valence-corrected chi connectivity index (χ3v) is 3.55. The van der Waals surface area contributed by atoms with E-state index in [-0.39, 0.29) is 5.91 Å². The molecule has 0 bridgehead atoms.